The first kappa shape index (κ1) is 17.6. The van der Waals surface area contributed by atoms with Gasteiger partial charge in [0.15, 0.2) is 0 Å². The van der Waals surface area contributed by atoms with Crippen molar-refractivity contribution in [1.82, 2.24) is 15.5 Å². The molecule has 1 aliphatic rings. The quantitative estimate of drug-likeness (QED) is 0.711. The van der Waals surface area contributed by atoms with Crippen LogP contribution >= 0.6 is 0 Å². The first-order chi connectivity index (χ1) is 11.2. The average molecular weight is 321 g/mol. The van der Waals surface area contributed by atoms with E-state index in [0.717, 1.165) is 50.6 Å². The number of nitrogens with one attached hydrogen (secondary N) is 2. The minimum atomic E-state index is -0.139. The van der Waals surface area contributed by atoms with Crippen LogP contribution in [0.3, 0.4) is 0 Å². The number of aryl methyl sites for hydroxylation is 1. The van der Waals surface area contributed by atoms with Crippen molar-refractivity contribution >= 4 is 6.03 Å². The van der Waals surface area contributed by atoms with Gasteiger partial charge >= 0.3 is 6.03 Å². The third-order valence-electron chi connectivity index (χ3n) is 3.69. The van der Waals surface area contributed by atoms with Crippen LogP contribution in [0, 0.1) is 6.92 Å². The SMILES string of the molecule is Cc1cccc(OCCNC(=O)NCCCN2CCOCC2)c1. The number of benzene rings is 1. The predicted octanol–water partition coefficient (Wildman–Crippen LogP) is 1.40. The second kappa shape index (κ2) is 10.1. The topological polar surface area (TPSA) is 62.8 Å². The van der Waals surface area contributed by atoms with Gasteiger partial charge < -0.3 is 20.1 Å². The normalized spacial score (nSPS) is 15.2. The second-order valence-corrected chi connectivity index (χ2v) is 5.66. The molecule has 0 atom stereocenters. The van der Waals surface area contributed by atoms with Crippen LogP contribution in [0.1, 0.15) is 12.0 Å². The summed E-state index contributed by atoms with van der Waals surface area (Å²) in [6.45, 7) is 8.26. The Hall–Kier alpha value is -1.79. The minimum absolute atomic E-state index is 0.139. The molecule has 6 nitrogen and oxygen atoms in total. The van der Waals surface area contributed by atoms with Crippen molar-refractivity contribution in [2.45, 2.75) is 13.3 Å². The Morgan fingerprint density at radius 3 is 2.83 bits per heavy atom. The molecule has 2 N–H and O–H groups in total. The zero-order chi connectivity index (χ0) is 16.3. The molecule has 0 radical (unpaired) electrons. The van der Waals surface area contributed by atoms with Crippen LogP contribution in [-0.2, 0) is 4.74 Å². The molecule has 2 rings (SSSR count). The summed E-state index contributed by atoms with van der Waals surface area (Å²) in [6.07, 6.45) is 0.952. The van der Waals surface area contributed by atoms with Crippen molar-refractivity contribution in [2.24, 2.45) is 0 Å². The molecular weight excluding hydrogens is 294 g/mol. The van der Waals surface area contributed by atoms with Gasteiger partial charge in [0.1, 0.15) is 12.4 Å². The monoisotopic (exact) mass is 321 g/mol. The summed E-state index contributed by atoms with van der Waals surface area (Å²) in [6, 6.07) is 7.74. The maximum Gasteiger partial charge on any atom is 0.314 e. The molecule has 1 heterocycles. The van der Waals surface area contributed by atoms with Gasteiger partial charge in [-0.2, -0.15) is 0 Å². The molecule has 0 unspecified atom stereocenters. The lowest BCUT2D eigenvalue weighted by Crippen LogP contribution is -2.40. The van der Waals surface area contributed by atoms with Gasteiger partial charge in [0, 0.05) is 19.6 Å². The van der Waals surface area contributed by atoms with E-state index in [1.54, 1.807) is 0 Å². The Labute approximate surface area is 138 Å². The fourth-order valence-electron chi connectivity index (χ4n) is 2.43. The van der Waals surface area contributed by atoms with Crippen LogP contribution in [0.5, 0.6) is 5.75 Å². The Bertz CT molecular complexity index is 476. The Balaban J connectivity index is 1.46. The maximum atomic E-state index is 11.6. The van der Waals surface area contributed by atoms with Gasteiger partial charge in [0.25, 0.3) is 0 Å². The van der Waals surface area contributed by atoms with Gasteiger partial charge in [-0.25, -0.2) is 4.79 Å². The van der Waals surface area contributed by atoms with E-state index in [1.807, 2.05) is 31.2 Å². The highest BCUT2D eigenvalue weighted by Crippen LogP contribution is 2.11. The lowest BCUT2D eigenvalue weighted by molar-refractivity contribution is 0.0375. The molecule has 0 bridgehead atoms. The summed E-state index contributed by atoms with van der Waals surface area (Å²) in [5.74, 6) is 0.831. The van der Waals surface area contributed by atoms with Crippen molar-refractivity contribution in [2.75, 3.05) is 52.5 Å². The maximum absolute atomic E-state index is 11.6. The number of carbonyl (C=O) groups is 1. The second-order valence-electron chi connectivity index (χ2n) is 5.66. The van der Waals surface area contributed by atoms with E-state index in [2.05, 4.69) is 15.5 Å². The molecule has 1 fully saturated rings. The van der Waals surface area contributed by atoms with E-state index in [9.17, 15) is 4.79 Å². The summed E-state index contributed by atoms with van der Waals surface area (Å²) < 4.78 is 10.9. The first-order valence-electron chi connectivity index (χ1n) is 8.25. The standard InChI is InChI=1S/C17H27N3O3/c1-15-4-2-5-16(14-15)23-11-7-19-17(21)18-6-3-8-20-9-12-22-13-10-20/h2,4-5,14H,3,6-13H2,1H3,(H2,18,19,21). The number of nitrogens with zero attached hydrogens (tertiary/aromatic N) is 1. The number of ether oxygens (including phenoxy) is 2. The van der Waals surface area contributed by atoms with Gasteiger partial charge in [-0.05, 0) is 37.6 Å². The third-order valence-corrected chi connectivity index (χ3v) is 3.69. The smallest absolute Gasteiger partial charge is 0.314 e. The van der Waals surface area contributed by atoms with Crippen molar-refractivity contribution in [3.05, 3.63) is 29.8 Å². The highest BCUT2D eigenvalue weighted by molar-refractivity contribution is 5.73. The van der Waals surface area contributed by atoms with Gasteiger partial charge in [0.05, 0.1) is 19.8 Å². The zero-order valence-electron chi connectivity index (χ0n) is 13.8. The van der Waals surface area contributed by atoms with Gasteiger partial charge in [-0.15, -0.1) is 0 Å². The Morgan fingerprint density at radius 1 is 1.26 bits per heavy atom. The molecule has 0 aromatic heterocycles. The number of hydrogen-bond donors (Lipinski definition) is 2. The molecular formula is C17H27N3O3. The highest BCUT2D eigenvalue weighted by Gasteiger charge is 2.09. The third kappa shape index (κ3) is 7.34. The van der Waals surface area contributed by atoms with Crippen molar-refractivity contribution < 1.29 is 14.3 Å². The largest absolute Gasteiger partial charge is 0.492 e. The summed E-state index contributed by atoms with van der Waals surface area (Å²) >= 11 is 0. The highest BCUT2D eigenvalue weighted by atomic mass is 16.5. The van der Waals surface area contributed by atoms with Crippen LogP contribution in [0.15, 0.2) is 24.3 Å². The van der Waals surface area contributed by atoms with E-state index in [0.29, 0.717) is 19.7 Å². The Kier molecular flexibility index (Phi) is 7.69. The number of morpholine rings is 1. The van der Waals surface area contributed by atoms with Crippen LogP contribution in [0.4, 0.5) is 4.79 Å². The summed E-state index contributed by atoms with van der Waals surface area (Å²) in [5, 5.41) is 5.66. The minimum Gasteiger partial charge on any atom is -0.492 e. The Morgan fingerprint density at radius 2 is 2.04 bits per heavy atom. The van der Waals surface area contributed by atoms with E-state index in [1.165, 1.54) is 0 Å². The number of hydrogen-bond acceptors (Lipinski definition) is 4. The van der Waals surface area contributed by atoms with Crippen LogP contribution in [0.2, 0.25) is 0 Å². The number of amides is 2. The molecule has 1 aromatic rings. The lowest BCUT2D eigenvalue weighted by Gasteiger charge is -2.26. The average Bonchev–Trinajstić information content (AvgIpc) is 2.57. The van der Waals surface area contributed by atoms with E-state index in [-0.39, 0.29) is 6.03 Å². The van der Waals surface area contributed by atoms with Gasteiger partial charge in [-0.1, -0.05) is 12.1 Å². The van der Waals surface area contributed by atoms with Crippen molar-refractivity contribution in [3.8, 4) is 5.75 Å². The molecule has 1 aromatic carbocycles. The fraction of sp³-hybridized carbons (Fsp3) is 0.588. The van der Waals surface area contributed by atoms with Crippen LogP contribution < -0.4 is 15.4 Å². The number of rotatable bonds is 8. The summed E-state index contributed by atoms with van der Waals surface area (Å²) in [5.41, 5.74) is 1.16. The van der Waals surface area contributed by atoms with Gasteiger partial charge in [0.2, 0.25) is 0 Å². The molecule has 0 saturated carbocycles. The fourth-order valence-corrected chi connectivity index (χ4v) is 2.43. The predicted molar refractivity (Wildman–Crippen MR) is 90.0 cm³/mol. The molecule has 128 valence electrons. The molecule has 1 aliphatic heterocycles. The van der Waals surface area contributed by atoms with E-state index >= 15 is 0 Å². The van der Waals surface area contributed by atoms with Crippen molar-refractivity contribution in [1.29, 1.82) is 0 Å². The molecule has 2 amide bonds. The first-order valence-corrected chi connectivity index (χ1v) is 8.25. The molecule has 6 heteroatoms. The molecule has 0 aliphatic carbocycles. The summed E-state index contributed by atoms with van der Waals surface area (Å²) in [7, 11) is 0. The molecule has 1 saturated heterocycles. The van der Waals surface area contributed by atoms with E-state index < -0.39 is 0 Å². The zero-order valence-corrected chi connectivity index (χ0v) is 13.8. The molecule has 0 spiro atoms. The van der Waals surface area contributed by atoms with Crippen LogP contribution in [0.25, 0.3) is 0 Å². The van der Waals surface area contributed by atoms with Gasteiger partial charge in [-0.3, -0.25) is 4.90 Å². The number of urea groups is 1. The lowest BCUT2D eigenvalue weighted by atomic mass is 10.2. The van der Waals surface area contributed by atoms with E-state index in [4.69, 9.17) is 9.47 Å². The van der Waals surface area contributed by atoms with Crippen LogP contribution in [-0.4, -0.2) is 63.5 Å². The number of carbonyl (C=O) groups excluding carboxylic acids is 1. The summed E-state index contributed by atoms with van der Waals surface area (Å²) in [4.78, 5) is 14.0. The molecule has 23 heavy (non-hydrogen) atoms. The van der Waals surface area contributed by atoms with Crippen molar-refractivity contribution in [3.63, 3.8) is 0 Å².